The maximum atomic E-state index is 12.8. The third-order valence-electron chi connectivity index (χ3n) is 5.49. The summed E-state index contributed by atoms with van der Waals surface area (Å²) in [5.74, 6) is 0. The molecule has 0 unspecified atom stereocenters. The Kier molecular flexibility index (Phi) is 5.35. The van der Waals surface area contributed by atoms with Crippen molar-refractivity contribution in [1.29, 1.82) is 0 Å². The quantitative estimate of drug-likeness (QED) is 0.893. The summed E-state index contributed by atoms with van der Waals surface area (Å²) < 4.78 is 7.26. The van der Waals surface area contributed by atoms with Gasteiger partial charge in [-0.3, -0.25) is 9.47 Å². The van der Waals surface area contributed by atoms with E-state index in [9.17, 15) is 4.79 Å². The van der Waals surface area contributed by atoms with Crippen LogP contribution in [0.2, 0.25) is 0 Å². The molecule has 0 saturated carbocycles. The number of urea groups is 1. The van der Waals surface area contributed by atoms with Gasteiger partial charge in [-0.15, -0.1) is 10.2 Å². The SMILES string of the molecule is Cc1ccc(-n2cnnc2)cc1NC(=O)N1CCC(N2CCOCC2)CC1. The van der Waals surface area contributed by atoms with Crippen LogP contribution >= 0.6 is 0 Å². The molecule has 4 rings (SSSR count). The number of aryl methyl sites for hydroxylation is 1. The molecule has 0 radical (unpaired) electrons. The average Bonchev–Trinajstić information content (AvgIpc) is 3.25. The summed E-state index contributed by atoms with van der Waals surface area (Å²) in [7, 11) is 0. The van der Waals surface area contributed by atoms with Crippen LogP contribution in [0.5, 0.6) is 0 Å². The number of rotatable bonds is 3. The van der Waals surface area contributed by atoms with Crippen molar-refractivity contribution in [2.45, 2.75) is 25.8 Å². The highest BCUT2D eigenvalue weighted by molar-refractivity contribution is 5.90. The van der Waals surface area contributed by atoms with Crippen molar-refractivity contribution in [3.05, 3.63) is 36.4 Å². The molecule has 144 valence electrons. The van der Waals surface area contributed by atoms with E-state index in [1.54, 1.807) is 12.7 Å². The van der Waals surface area contributed by atoms with Crippen molar-refractivity contribution < 1.29 is 9.53 Å². The van der Waals surface area contributed by atoms with E-state index in [0.29, 0.717) is 6.04 Å². The fourth-order valence-corrected chi connectivity index (χ4v) is 3.81. The minimum absolute atomic E-state index is 0.0283. The second kappa shape index (κ2) is 8.06. The number of carbonyl (C=O) groups is 1. The molecule has 8 heteroatoms. The van der Waals surface area contributed by atoms with Gasteiger partial charge in [0.2, 0.25) is 0 Å². The van der Waals surface area contributed by atoms with E-state index in [1.165, 1.54) is 0 Å². The maximum Gasteiger partial charge on any atom is 0.321 e. The zero-order valence-electron chi connectivity index (χ0n) is 15.7. The number of nitrogens with zero attached hydrogens (tertiary/aromatic N) is 5. The Labute approximate surface area is 159 Å². The van der Waals surface area contributed by atoms with Gasteiger partial charge in [-0.1, -0.05) is 6.07 Å². The molecule has 0 atom stereocenters. The average molecular weight is 370 g/mol. The number of hydrogen-bond donors (Lipinski definition) is 1. The predicted octanol–water partition coefficient (Wildman–Crippen LogP) is 1.90. The molecule has 1 aromatic heterocycles. The number of aromatic nitrogens is 3. The molecule has 0 bridgehead atoms. The standard InChI is InChI=1S/C19H26N6O2/c1-15-2-3-17(25-13-20-21-14-25)12-18(15)22-19(26)24-6-4-16(5-7-24)23-8-10-27-11-9-23/h2-3,12-14,16H,4-11H2,1H3,(H,22,26). The van der Waals surface area contributed by atoms with Crippen molar-refractivity contribution in [1.82, 2.24) is 24.6 Å². The molecule has 1 aromatic carbocycles. The van der Waals surface area contributed by atoms with E-state index < -0.39 is 0 Å². The number of ether oxygens (including phenoxy) is 1. The number of likely N-dealkylation sites (tertiary alicyclic amines) is 1. The number of morpholine rings is 1. The van der Waals surface area contributed by atoms with Crippen molar-refractivity contribution >= 4 is 11.7 Å². The number of amides is 2. The third-order valence-corrected chi connectivity index (χ3v) is 5.49. The minimum Gasteiger partial charge on any atom is -0.379 e. The zero-order chi connectivity index (χ0) is 18.6. The Balaban J connectivity index is 1.36. The summed E-state index contributed by atoms with van der Waals surface area (Å²) in [6.07, 6.45) is 5.33. The van der Waals surface area contributed by atoms with Crippen LogP contribution in [0.4, 0.5) is 10.5 Å². The number of piperidine rings is 1. The van der Waals surface area contributed by atoms with Crippen LogP contribution < -0.4 is 5.32 Å². The lowest BCUT2D eigenvalue weighted by molar-refractivity contribution is 0.00419. The van der Waals surface area contributed by atoms with Crippen LogP contribution in [0, 0.1) is 6.92 Å². The monoisotopic (exact) mass is 370 g/mol. The zero-order valence-corrected chi connectivity index (χ0v) is 15.7. The number of hydrogen-bond acceptors (Lipinski definition) is 5. The first-order valence-electron chi connectivity index (χ1n) is 9.54. The summed E-state index contributed by atoms with van der Waals surface area (Å²) in [6.45, 7) is 7.23. The topological polar surface area (TPSA) is 75.5 Å². The lowest BCUT2D eigenvalue weighted by Crippen LogP contribution is -2.50. The van der Waals surface area contributed by atoms with Gasteiger partial charge in [0.05, 0.1) is 18.9 Å². The van der Waals surface area contributed by atoms with Gasteiger partial charge < -0.3 is 15.0 Å². The van der Waals surface area contributed by atoms with Crippen LogP contribution in [0.1, 0.15) is 18.4 Å². The molecule has 2 fully saturated rings. The molecular weight excluding hydrogens is 344 g/mol. The fourth-order valence-electron chi connectivity index (χ4n) is 3.81. The molecule has 1 N–H and O–H groups in total. The van der Waals surface area contributed by atoms with Crippen molar-refractivity contribution in [3.63, 3.8) is 0 Å². The molecule has 3 heterocycles. The molecule has 2 amide bonds. The highest BCUT2D eigenvalue weighted by Gasteiger charge is 2.28. The first-order chi connectivity index (χ1) is 13.2. The largest absolute Gasteiger partial charge is 0.379 e. The molecule has 2 aliphatic rings. The Bertz CT molecular complexity index is 765. The number of anilines is 1. The lowest BCUT2D eigenvalue weighted by Gasteiger charge is -2.40. The van der Waals surface area contributed by atoms with Gasteiger partial charge in [-0.05, 0) is 37.5 Å². The molecule has 2 aromatic rings. The van der Waals surface area contributed by atoms with Crippen LogP contribution in [-0.2, 0) is 4.74 Å². The Morgan fingerprint density at radius 2 is 1.81 bits per heavy atom. The fraction of sp³-hybridized carbons (Fsp3) is 0.526. The Hall–Kier alpha value is -2.45. The normalized spacial score (nSPS) is 19.2. The first kappa shape index (κ1) is 17.9. The van der Waals surface area contributed by atoms with Gasteiger partial charge in [0.25, 0.3) is 0 Å². The van der Waals surface area contributed by atoms with Crippen molar-refractivity contribution in [2.24, 2.45) is 0 Å². The molecule has 2 aliphatic heterocycles. The summed E-state index contributed by atoms with van der Waals surface area (Å²) in [5, 5.41) is 10.7. The van der Waals surface area contributed by atoms with Gasteiger partial charge in [-0.25, -0.2) is 4.79 Å². The molecule has 0 aliphatic carbocycles. The molecular formula is C19H26N6O2. The predicted molar refractivity (Wildman–Crippen MR) is 102 cm³/mol. The lowest BCUT2D eigenvalue weighted by atomic mass is 10.0. The van der Waals surface area contributed by atoms with Gasteiger partial charge in [0.15, 0.2) is 0 Å². The molecule has 27 heavy (non-hydrogen) atoms. The van der Waals surface area contributed by atoms with Gasteiger partial charge in [-0.2, -0.15) is 0 Å². The summed E-state index contributed by atoms with van der Waals surface area (Å²) in [4.78, 5) is 17.2. The van der Waals surface area contributed by atoms with Crippen LogP contribution in [0.15, 0.2) is 30.9 Å². The Morgan fingerprint density at radius 1 is 1.11 bits per heavy atom. The number of nitrogens with one attached hydrogen (secondary N) is 1. The summed E-state index contributed by atoms with van der Waals surface area (Å²) >= 11 is 0. The first-order valence-corrected chi connectivity index (χ1v) is 9.54. The van der Waals surface area contributed by atoms with E-state index >= 15 is 0 Å². The Morgan fingerprint density at radius 3 is 2.52 bits per heavy atom. The van der Waals surface area contributed by atoms with Crippen LogP contribution in [-0.4, -0.2) is 76.0 Å². The molecule has 2 saturated heterocycles. The van der Waals surface area contributed by atoms with Crippen LogP contribution in [0.3, 0.4) is 0 Å². The smallest absolute Gasteiger partial charge is 0.321 e. The van der Waals surface area contributed by atoms with E-state index in [2.05, 4.69) is 20.4 Å². The highest BCUT2D eigenvalue weighted by Crippen LogP contribution is 2.22. The van der Waals surface area contributed by atoms with Gasteiger partial charge in [0.1, 0.15) is 12.7 Å². The molecule has 0 spiro atoms. The van der Waals surface area contributed by atoms with E-state index in [0.717, 1.165) is 69.2 Å². The second-order valence-electron chi connectivity index (χ2n) is 7.17. The van der Waals surface area contributed by atoms with E-state index in [4.69, 9.17) is 4.74 Å². The summed E-state index contributed by atoms with van der Waals surface area (Å²) in [5.41, 5.74) is 2.77. The minimum atomic E-state index is -0.0283. The van der Waals surface area contributed by atoms with Gasteiger partial charge in [0, 0.05) is 37.9 Å². The third kappa shape index (κ3) is 4.12. The van der Waals surface area contributed by atoms with E-state index in [-0.39, 0.29) is 6.03 Å². The maximum absolute atomic E-state index is 12.8. The molecule has 8 nitrogen and oxygen atoms in total. The summed E-state index contributed by atoms with van der Waals surface area (Å²) in [6, 6.07) is 6.48. The van der Waals surface area contributed by atoms with Gasteiger partial charge >= 0.3 is 6.03 Å². The highest BCUT2D eigenvalue weighted by atomic mass is 16.5. The van der Waals surface area contributed by atoms with E-state index in [1.807, 2.05) is 34.6 Å². The van der Waals surface area contributed by atoms with Crippen molar-refractivity contribution in [3.8, 4) is 5.69 Å². The number of benzene rings is 1. The number of carbonyl (C=O) groups excluding carboxylic acids is 1. The van der Waals surface area contributed by atoms with Crippen molar-refractivity contribution in [2.75, 3.05) is 44.7 Å². The second-order valence-corrected chi connectivity index (χ2v) is 7.17. The van der Waals surface area contributed by atoms with Crippen LogP contribution in [0.25, 0.3) is 5.69 Å².